The monoisotopic (exact) mass is 366 g/mol. The highest BCUT2D eigenvalue weighted by atomic mass is 32.2. The van der Waals surface area contributed by atoms with Gasteiger partial charge in [-0.15, -0.1) is 0 Å². The number of hydrogen-bond donors (Lipinski definition) is 1. The van der Waals surface area contributed by atoms with Crippen molar-refractivity contribution in [3.05, 3.63) is 42.3 Å². The molecule has 9 heteroatoms. The van der Waals surface area contributed by atoms with Crippen LogP contribution in [-0.2, 0) is 10.0 Å². The Bertz CT molecular complexity index is 867. The van der Waals surface area contributed by atoms with Crippen LogP contribution in [0.3, 0.4) is 0 Å². The lowest BCUT2D eigenvalue weighted by Gasteiger charge is -2.37. The molecule has 3 rings (SSSR count). The molecular weight excluding hydrogens is 347 g/mol. The molecule has 1 aliphatic rings. The van der Waals surface area contributed by atoms with Crippen molar-refractivity contribution in [2.24, 2.45) is 5.14 Å². The van der Waals surface area contributed by atoms with E-state index in [1.54, 1.807) is 18.3 Å². The molecule has 2 heterocycles. The molecule has 134 valence electrons. The van der Waals surface area contributed by atoms with Crippen LogP contribution in [0.1, 0.15) is 0 Å². The van der Waals surface area contributed by atoms with E-state index in [4.69, 9.17) is 9.88 Å². The summed E-state index contributed by atoms with van der Waals surface area (Å²) < 4.78 is 42.1. The van der Waals surface area contributed by atoms with Crippen molar-refractivity contribution in [3.63, 3.8) is 0 Å². The zero-order valence-electron chi connectivity index (χ0n) is 13.7. The molecule has 1 aromatic carbocycles. The number of halogens is 1. The number of aromatic nitrogens is 1. The van der Waals surface area contributed by atoms with Gasteiger partial charge in [-0.25, -0.2) is 22.9 Å². The lowest BCUT2D eigenvalue weighted by atomic mass is 10.2. The second-order valence-electron chi connectivity index (χ2n) is 5.66. The van der Waals surface area contributed by atoms with Crippen LogP contribution in [0.2, 0.25) is 0 Å². The Hall–Kier alpha value is -2.39. The third kappa shape index (κ3) is 3.67. The molecule has 2 N–H and O–H groups in total. The maximum absolute atomic E-state index is 13.4. The average molecular weight is 366 g/mol. The Balaban J connectivity index is 1.80. The molecule has 0 amide bonds. The summed E-state index contributed by atoms with van der Waals surface area (Å²) in [5.41, 5.74) is 0.802. The number of rotatable bonds is 4. The first kappa shape index (κ1) is 17.4. The van der Waals surface area contributed by atoms with Crippen LogP contribution in [0.4, 0.5) is 15.9 Å². The molecule has 7 nitrogen and oxygen atoms in total. The SMILES string of the molecule is COc1cc(F)ccc1N1CCN(c2ncccc2S(N)(=O)=O)CC1. The molecule has 0 atom stereocenters. The van der Waals surface area contributed by atoms with Crippen LogP contribution < -0.4 is 19.7 Å². The van der Waals surface area contributed by atoms with Crippen LogP contribution in [-0.4, -0.2) is 46.7 Å². The molecule has 0 bridgehead atoms. The van der Waals surface area contributed by atoms with E-state index in [-0.39, 0.29) is 10.7 Å². The molecule has 0 unspecified atom stereocenters. The minimum Gasteiger partial charge on any atom is -0.494 e. The summed E-state index contributed by atoms with van der Waals surface area (Å²) in [5, 5.41) is 5.28. The molecular formula is C16H19FN4O3S. The second-order valence-corrected chi connectivity index (χ2v) is 7.19. The molecule has 1 saturated heterocycles. The van der Waals surface area contributed by atoms with Gasteiger partial charge in [0.1, 0.15) is 22.3 Å². The minimum atomic E-state index is -3.84. The van der Waals surface area contributed by atoms with Crippen LogP contribution in [0.25, 0.3) is 0 Å². The van der Waals surface area contributed by atoms with E-state index >= 15 is 0 Å². The van der Waals surface area contributed by atoms with Gasteiger partial charge in [-0.3, -0.25) is 0 Å². The van der Waals surface area contributed by atoms with Crippen LogP contribution in [0.15, 0.2) is 41.4 Å². The smallest absolute Gasteiger partial charge is 0.241 e. The summed E-state index contributed by atoms with van der Waals surface area (Å²) in [6, 6.07) is 7.41. The lowest BCUT2D eigenvalue weighted by Crippen LogP contribution is -2.47. The minimum absolute atomic E-state index is 0.0165. The van der Waals surface area contributed by atoms with Gasteiger partial charge in [0.05, 0.1) is 12.8 Å². The van der Waals surface area contributed by atoms with Crippen molar-refractivity contribution in [3.8, 4) is 5.75 Å². The molecule has 0 aliphatic carbocycles. The third-order valence-electron chi connectivity index (χ3n) is 4.12. The van der Waals surface area contributed by atoms with Crippen LogP contribution in [0.5, 0.6) is 5.75 Å². The molecule has 0 saturated carbocycles. The van der Waals surface area contributed by atoms with Crippen molar-refractivity contribution in [1.82, 2.24) is 4.98 Å². The standard InChI is InChI=1S/C16H19FN4O3S/c1-24-14-11-12(17)4-5-13(14)20-7-9-21(10-8-20)16-15(25(18,22)23)3-2-6-19-16/h2-6,11H,7-10H2,1H3,(H2,18,22,23). The van der Waals surface area contributed by atoms with Gasteiger partial charge >= 0.3 is 0 Å². The second kappa shape index (κ2) is 6.85. The first-order chi connectivity index (χ1) is 11.9. The van der Waals surface area contributed by atoms with Crippen LogP contribution in [0, 0.1) is 5.82 Å². The Morgan fingerprint density at radius 2 is 1.84 bits per heavy atom. The molecule has 1 fully saturated rings. The Morgan fingerprint density at radius 1 is 1.16 bits per heavy atom. The normalized spacial score (nSPS) is 15.3. The Kier molecular flexibility index (Phi) is 4.78. The number of methoxy groups -OCH3 is 1. The number of nitrogens with zero attached hydrogens (tertiary/aromatic N) is 3. The molecule has 0 spiro atoms. The van der Waals surface area contributed by atoms with Gasteiger partial charge in [0.2, 0.25) is 10.0 Å². The number of nitrogens with two attached hydrogens (primary N) is 1. The van der Waals surface area contributed by atoms with Gasteiger partial charge in [0.15, 0.2) is 0 Å². The van der Waals surface area contributed by atoms with Gasteiger partial charge < -0.3 is 14.5 Å². The largest absolute Gasteiger partial charge is 0.494 e. The molecule has 1 aliphatic heterocycles. The number of ether oxygens (including phenoxy) is 1. The van der Waals surface area contributed by atoms with Crippen molar-refractivity contribution < 1.29 is 17.5 Å². The number of primary sulfonamides is 1. The quantitative estimate of drug-likeness (QED) is 0.875. The van der Waals surface area contributed by atoms with E-state index in [0.29, 0.717) is 37.7 Å². The molecule has 2 aromatic rings. The number of sulfonamides is 1. The van der Waals surface area contributed by atoms with E-state index in [1.807, 2.05) is 4.90 Å². The Morgan fingerprint density at radius 3 is 2.48 bits per heavy atom. The zero-order valence-corrected chi connectivity index (χ0v) is 14.5. The van der Waals surface area contributed by atoms with Crippen molar-refractivity contribution in [2.45, 2.75) is 4.90 Å². The van der Waals surface area contributed by atoms with Gasteiger partial charge in [0, 0.05) is 38.4 Å². The first-order valence-electron chi connectivity index (χ1n) is 7.71. The fourth-order valence-corrected chi connectivity index (χ4v) is 3.62. The summed E-state index contributed by atoms with van der Waals surface area (Å²) in [4.78, 5) is 8.15. The summed E-state index contributed by atoms with van der Waals surface area (Å²) in [6.07, 6.45) is 1.54. The number of hydrogen-bond acceptors (Lipinski definition) is 6. The molecule has 1 aromatic heterocycles. The van der Waals surface area contributed by atoms with Gasteiger partial charge in [-0.1, -0.05) is 0 Å². The zero-order chi connectivity index (χ0) is 18.0. The molecule has 0 radical (unpaired) electrons. The van der Waals surface area contributed by atoms with Crippen molar-refractivity contribution >= 4 is 21.5 Å². The highest BCUT2D eigenvalue weighted by molar-refractivity contribution is 7.89. The van der Waals surface area contributed by atoms with Gasteiger partial charge in [0.25, 0.3) is 0 Å². The van der Waals surface area contributed by atoms with Crippen molar-refractivity contribution in [2.75, 3.05) is 43.1 Å². The average Bonchev–Trinajstić information content (AvgIpc) is 2.61. The first-order valence-corrected chi connectivity index (χ1v) is 9.26. The predicted octanol–water partition coefficient (Wildman–Crippen LogP) is 1.20. The summed E-state index contributed by atoms with van der Waals surface area (Å²) in [5.74, 6) is 0.470. The van der Waals surface area contributed by atoms with E-state index in [9.17, 15) is 12.8 Å². The van der Waals surface area contributed by atoms with E-state index in [0.717, 1.165) is 5.69 Å². The lowest BCUT2D eigenvalue weighted by molar-refractivity contribution is 0.410. The van der Waals surface area contributed by atoms with Crippen molar-refractivity contribution in [1.29, 1.82) is 0 Å². The predicted molar refractivity (Wildman–Crippen MR) is 93.0 cm³/mol. The van der Waals surface area contributed by atoms with Gasteiger partial charge in [-0.2, -0.15) is 0 Å². The fourth-order valence-electron chi connectivity index (χ4n) is 2.91. The van der Waals surface area contributed by atoms with E-state index in [1.165, 1.54) is 25.3 Å². The maximum Gasteiger partial charge on any atom is 0.241 e. The highest BCUT2D eigenvalue weighted by Crippen LogP contribution is 2.31. The third-order valence-corrected chi connectivity index (χ3v) is 5.05. The number of pyridine rings is 1. The summed E-state index contributed by atoms with van der Waals surface area (Å²) in [6.45, 7) is 2.34. The topological polar surface area (TPSA) is 88.8 Å². The maximum atomic E-state index is 13.4. The fraction of sp³-hybridized carbons (Fsp3) is 0.312. The highest BCUT2D eigenvalue weighted by Gasteiger charge is 2.25. The Labute approximate surface area is 145 Å². The molecule has 25 heavy (non-hydrogen) atoms. The number of anilines is 2. The van der Waals surface area contributed by atoms with E-state index < -0.39 is 10.0 Å². The summed E-state index contributed by atoms with van der Waals surface area (Å²) in [7, 11) is -2.34. The van der Waals surface area contributed by atoms with Gasteiger partial charge in [-0.05, 0) is 24.3 Å². The van der Waals surface area contributed by atoms with E-state index in [2.05, 4.69) is 9.88 Å². The number of benzene rings is 1. The number of piperazine rings is 1. The summed E-state index contributed by atoms with van der Waals surface area (Å²) >= 11 is 0. The van der Waals surface area contributed by atoms with Crippen LogP contribution >= 0.6 is 0 Å².